The molecule has 0 saturated heterocycles. The molecule has 0 fully saturated rings. The van der Waals surface area contributed by atoms with Gasteiger partial charge in [0.1, 0.15) is 17.5 Å². The van der Waals surface area contributed by atoms with Crippen molar-refractivity contribution in [2.24, 2.45) is 11.8 Å². The van der Waals surface area contributed by atoms with Gasteiger partial charge in [0.25, 0.3) is 0 Å². The lowest BCUT2D eigenvalue weighted by Crippen LogP contribution is -2.35. The van der Waals surface area contributed by atoms with Crippen LogP contribution in [-0.4, -0.2) is 23.1 Å². The Morgan fingerprint density at radius 1 is 1.28 bits per heavy atom. The summed E-state index contributed by atoms with van der Waals surface area (Å²) in [5, 5.41) is 0. The first kappa shape index (κ1) is 14.7. The molecule has 0 bridgehead atoms. The van der Waals surface area contributed by atoms with Crippen LogP contribution in [0.5, 0.6) is 0 Å². The first-order chi connectivity index (χ1) is 8.42. The zero-order chi connectivity index (χ0) is 13.9. The monoisotopic (exact) mass is 251 g/mol. The Labute approximate surface area is 110 Å². The second kappa shape index (κ2) is 6.00. The number of hydrogen-bond acceptors (Lipinski definition) is 5. The van der Waals surface area contributed by atoms with E-state index >= 15 is 0 Å². The van der Waals surface area contributed by atoms with Gasteiger partial charge in [-0.15, -0.1) is 0 Å². The van der Waals surface area contributed by atoms with E-state index in [-0.39, 0.29) is 0 Å². The summed E-state index contributed by atoms with van der Waals surface area (Å²) in [5.74, 6) is 8.55. The van der Waals surface area contributed by atoms with Gasteiger partial charge in [0, 0.05) is 25.1 Å². The minimum atomic E-state index is 0.411. The quantitative estimate of drug-likeness (QED) is 0.620. The van der Waals surface area contributed by atoms with Crippen LogP contribution in [0.1, 0.15) is 39.1 Å². The molecular weight excluding hydrogens is 226 g/mol. The fourth-order valence-corrected chi connectivity index (χ4v) is 1.83. The average Bonchev–Trinajstić information content (AvgIpc) is 2.37. The summed E-state index contributed by atoms with van der Waals surface area (Å²) in [6, 6.07) is 0.411. The molecule has 18 heavy (non-hydrogen) atoms. The van der Waals surface area contributed by atoms with Gasteiger partial charge in [0.15, 0.2) is 0 Å². The molecule has 0 aromatic carbocycles. The van der Waals surface area contributed by atoms with Gasteiger partial charge < -0.3 is 10.3 Å². The molecule has 0 amide bonds. The Hall–Kier alpha value is -1.36. The summed E-state index contributed by atoms with van der Waals surface area (Å²) in [5.41, 5.74) is 3.65. The van der Waals surface area contributed by atoms with Crippen molar-refractivity contribution in [3.05, 3.63) is 11.4 Å². The SMILES string of the molecule is CCc1nc(NN)c(C)c(N(C)C(C)C(C)C)n1. The zero-order valence-electron chi connectivity index (χ0n) is 12.3. The Morgan fingerprint density at radius 3 is 2.33 bits per heavy atom. The van der Waals surface area contributed by atoms with E-state index in [0.29, 0.717) is 17.8 Å². The first-order valence-corrected chi connectivity index (χ1v) is 6.49. The Kier molecular flexibility index (Phi) is 4.90. The lowest BCUT2D eigenvalue weighted by Gasteiger charge is -2.30. The van der Waals surface area contributed by atoms with Crippen molar-refractivity contribution in [2.45, 2.75) is 47.1 Å². The molecule has 1 heterocycles. The predicted molar refractivity (Wildman–Crippen MR) is 76.7 cm³/mol. The van der Waals surface area contributed by atoms with Crippen LogP contribution in [0.2, 0.25) is 0 Å². The Morgan fingerprint density at radius 2 is 1.89 bits per heavy atom. The fourth-order valence-electron chi connectivity index (χ4n) is 1.83. The van der Waals surface area contributed by atoms with E-state index in [0.717, 1.165) is 23.6 Å². The molecule has 0 saturated carbocycles. The minimum Gasteiger partial charge on any atom is -0.356 e. The van der Waals surface area contributed by atoms with Gasteiger partial charge in [-0.1, -0.05) is 20.8 Å². The fraction of sp³-hybridized carbons (Fsp3) is 0.692. The van der Waals surface area contributed by atoms with E-state index in [9.17, 15) is 0 Å². The number of hydrogen-bond donors (Lipinski definition) is 2. The van der Waals surface area contributed by atoms with Gasteiger partial charge in [-0.3, -0.25) is 0 Å². The highest BCUT2D eigenvalue weighted by molar-refractivity contribution is 5.58. The highest BCUT2D eigenvalue weighted by Gasteiger charge is 2.19. The van der Waals surface area contributed by atoms with Crippen molar-refractivity contribution in [3.63, 3.8) is 0 Å². The largest absolute Gasteiger partial charge is 0.356 e. The average molecular weight is 251 g/mol. The van der Waals surface area contributed by atoms with E-state index in [1.165, 1.54) is 0 Å². The normalized spacial score (nSPS) is 12.7. The molecule has 1 aromatic rings. The van der Waals surface area contributed by atoms with Gasteiger partial charge in [-0.25, -0.2) is 15.8 Å². The standard InChI is InChI=1S/C13H25N5/c1-7-11-15-12(17-14)9(4)13(16-11)18(6)10(5)8(2)3/h8,10H,7,14H2,1-6H3,(H,15,16,17). The summed E-state index contributed by atoms with van der Waals surface area (Å²) in [6.45, 7) is 10.7. The number of aromatic nitrogens is 2. The van der Waals surface area contributed by atoms with Gasteiger partial charge in [-0.05, 0) is 19.8 Å². The third-order valence-electron chi connectivity index (χ3n) is 3.53. The number of nitrogens with zero attached hydrogens (tertiary/aromatic N) is 3. The highest BCUT2D eigenvalue weighted by Crippen LogP contribution is 2.25. The number of nitrogen functional groups attached to an aromatic ring is 1. The molecule has 0 aliphatic carbocycles. The number of aryl methyl sites for hydroxylation is 1. The summed E-state index contributed by atoms with van der Waals surface area (Å²) < 4.78 is 0. The van der Waals surface area contributed by atoms with E-state index < -0.39 is 0 Å². The minimum absolute atomic E-state index is 0.411. The first-order valence-electron chi connectivity index (χ1n) is 6.49. The smallest absolute Gasteiger partial charge is 0.148 e. The predicted octanol–water partition coefficient (Wildman–Crippen LogP) is 2.11. The summed E-state index contributed by atoms with van der Waals surface area (Å²) in [7, 11) is 2.07. The van der Waals surface area contributed by atoms with E-state index in [1.807, 2.05) is 13.8 Å². The molecule has 1 unspecified atom stereocenters. The molecule has 0 spiro atoms. The lowest BCUT2D eigenvalue weighted by molar-refractivity contribution is 0.501. The van der Waals surface area contributed by atoms with Crippen LogP contribution in [0.15, 0.2) is 0 Å². The third-order valence-corrected chi connectivity index (χ3v) is 3.53. The van der Waals surface area contributed by atoms with Crippen LogP contribution in [0.4, 0.5) is 11.6 Å². The van der Waals surface area contributed by atoms with Crippen LogP contribution < -0.4 is 16.2 Å². The van der Waals surface area contributed by atoms with Crippen LogP contribution in [0, 0.1) is 12.8 Å². The topological polar surface area (TPSA) is 67.1 Å². The van der Waals surface area contributed by atoms with Crippen molar-refractivity contribution in [3.8, 4) is 0 Å². The highest BCUT2D eigenvalue weighted by atomic mass is 15.3. The van der Waals surface area contributed by atoms with Gasteiger partial charge in [0.05, 0.1) is 0 Å². The number of anilines is 2. The number of rotatable bonds is 5. The molecule has 0 aliphatic rings. The van der Waals surface area contributed by atoms with Crippen molar-refractivity contribution in [1.29, 1.82) is 0 Å². The summed E-state index contributed by atoms with van der Waals surface area (Å²) in [6.07, 6.45) is 0.797. The maximum absolute atomic E-state index is 5.52. The van der Waals surface area contributed by atoms with Crippen LogP contribution in [0.25, 0.3) is 0 Å². The maximum Gasteiger partial charge on any atom is 0.148 e. The van der Waals surface area contributed by atoms with Crippen molar-refractivity contribution in [2.75, 3.05) is 17.4 Å². The molecule has 1 aromatic heterocycles. The molecule has 5 heteroatoms. The molecule has 1 atom stereocenters. The van der Waals surface area contributed by atoms with Crippen molar-refractivity contribution < 1.29 is 0 Å². The van der Waals surface area contributed by atoms with Gasteiger partial charge >= 0.3 is 0 Å². The number of nitrogens with one attached hydrogen (secondary N) is 1. The van der Waals surface area contributed by atoms with E-state index in [1.54, 1.807) is 0 Å². The van der Waals surface area contributed by atoms with E-state index in [4.69, 9.17) is 5.84 Å². The summed E-state index contributed by atoms with van der Waals surface area (Å²) in [4.78, 5) is 11.2. The second-order valence-electron chi connectivity index (χ2n) is 5.03. The van der Waals surface area contributed by atoms with Crippen LogP contribution >= 0.6 is 0 Å². The van der Waals surface area contributed by atoms with Crippen LogP contribution in [0.3, 0.4) is 0 Å². The molecule has 3 N–H and O–H groups in total. The van der Waals surface area contributed by atoms with Crippen molar-refractivity contribution in [1.82, 2.24) is 9.97 Å². The third kappa shape index (κ3) is 2.90. The molecule has 5 nitrogen and oxygen atoms in total. The number of hydrazine groups is 1. The second-order valence-corrected chi connectivity index (χ2v) is 5.03. The molecule has 0 aliphatic heterocycles. The maximum atomic E-state index is 5.52. The Bertz CT molecular complexity index is 403. The summed E-state index contributed by atoms with van der Waals surface area (Å²) >= 11 is 0. The molecular formula is C13H25N5. The zero-order valence-corrected chi connectivity index (χ0v) is 12.3. The number of nitrogens with two attached hydrogens (primary N) is 1. The molecule has 102 valence electrons. The Balaban J connectivity index is 3.21. The van der Waals surface area contributed by atoms with Crippen LogP contribution in [-0.2, 0) is 6.42 Å². The van der Waals surface area contributed by atoms with Gasteiger partial charge in [-0.2, -0.15) is 0 Å². The lowest BCUT2D eigenvalue weighted by atomic mass is 10.0. The molecule has 1 rings (SSSR count). The molecule has 0 radical (unpaired) electrons. The van der Waals surface area contributed by atoms with Crippen molar-refractivity contribution >= 4 is 11.6 Å². The van der Waals surface area contributed by atoms with E-state index in [2.05, 4.69) is 48.1 Å². The van der Waals surface area contributed by atoms with Gasteiger partial charge in [0.2, 0.25) is 0 Å².